The van der Waals surface area contributed by atoms with Gasteiger partial charge in [0.1, 0.15) is 6.10 Å². The largest absolute Gasteiger partial charge is 0.462 e. The Bertz CT molecular complexity index is 651. The van der Waals surface area contributed by atoms with E-state index in [9.17, 15) is 14.7 Å². The van der Waals surface area contributed by atoms with Crippen LogP contribution in [0.2, 0.25) is 0 Å². The van der Waals surface area contributed by atoms with Gasteiger partial charge in [-0.05, 0) is 49.0 Å². The molecule has 2 saturated carbocycles. The lowest BCUT2D eigenvalue weighted by atomic mass is 9.43. The van der Waals surface area contributed by atoms with E-state index < -0.39 is 5.60 Å². The summed E-state index contributed by atoms with van der Waals surface area (Å²) in [6.45, 7) is 10.2. The molecule has 5 heteroatoms. The molecule has 5 nitrogen and oxygen atoms in total. The lowest BCUT2D eigenvalue weighted by Crippen LogP contribution is -2.66. The molecule has 1 heterocycles. The maximum absolute atomic E-state index is 12.0. The van der Waals surface area contributed by atoms with Crippen LogP contribution < -0.4 is 0 Å². The van der Waals surface area contributed by atoms with E-state index in [4.69, 9.17) is 9.47 Å². The molecular weight excluding hydrogens is 344 g/mol. The Morgan fingerprint density at radius 1 is 1.33 bits per heavy atom. The summed E-state index contributed by atoms with van der Waals surface area (Å²) in [6, 6.07) is 0. The van der Waals surface area contributed by atoms with Gasteiger partial charge in [-0.15, -0.1) is 0 Å². The SMILES string of the molecule is CC(=O)O[C@@H]1C[C@@H](C)[C@](O)(CCC2=COC(=O)C2)[C@@]2(C)CCCC(C)(C)[C@H]12. The van der Waals surface area contributed by atoms with Gasteiger partial charge in [-0.1, -0.05) is 34.1 Å². The first-order valence-corrected chi connectivity index (χ1v) is 10.3. The van der Waals surface area contributed by atoms with Crippen molar-refractivity contribution in [3.63, 3.8) is 0 Å². The Labute approximate surface area is 162 Å². The number of rotatable bonds is 4. The molecule has 0 amide bonds. The molecule has 0 radical (unpaired) electrons. The van der Waals surface area contributed by atoms with Crippen LogP contribution in [0.3, 0.4) is 0 Å². The number of cyclic esters (lactones) is 1. The smallest absolute Gasteiger partial charge is 0.314 e. The van der Waals surface area contributed by atoms with Gasteiger partial charge in [0, 0.05) is 18.3 Å². The molecule has 0 bridgehead atoms. The summed E-state index contributed by atoms with van der Waals surface area (Å²) in [5.41, 5.74) is -0.250. The highest BCUT2D eigenvalue weighted by molar-refractivity contribution is 5.75. The van der Waals surface area contributed by atoms with Crippen molar-refractivity contribution >= 4 is 11.9 Å². The minimum atomic E-state index is -0.863. The summed E-state index contributed by atoms with van der Waals surface area (Å²) in [4.78, 5) is 23.1. The van der Waals surface area contributed by atoms with E-state index in [2.05, 4.69) is 27.7 Å². The van der Waals surface area contributed by atoms with Crippen molar-refractivity contribution in [2.24, 2.45) is 22.7 Å². The van der Waals surface area contributed by atoms with E-state index in [-0.39, 0.29) is 40.7 Å². The Morgan fingerprint density at radius 3 is 2.63 bits per heavy atom. The third-order valence-electron chi connectivity index (χ3n) is 7.68. The minimum Gasteiger partial charge on any atom is -0.462 e. The van der Waals surface area contributed by atoms with Crippen LogP contribution in [0.25, 0.3) is 0 Å². The highest BCUT2D eigenvalue weighted by atomic mass is 16.5. The van der Waals surface area contributed by atoms with Gasteiger partial charge in [0.05, 0.1) is 18.3 Å². The average molecular weight is 379 g/mol. The molecule has 2 aliphatic carbocycles. The first kappa shape index (κ1) is 20.4. The van der Waals surface area contributed by atoms with Gasteiger partial charge in [0.25, 0.3) is 0 Å². The highest BCUT2D eigenvalue weighted by Crippen LogP contribution is 2.64. The van der Waals surface area contributed by atoms with E-state index in [1.165, 1.54) is 6.92 Å². The quantitative estimate of drug-likeness (QED) is 0.745. The molecule has 3 aliphatic rings. The zero-order valence-electron chi connectivity index (χ0n) is 17.3. The minimum absolute atomic E-state index is 0.00700. The van der Waals surface area contributed by atoms with Crippen LogP contribution in [-0.4, -0.2) is 28.8 Å². The van der Waals surface area contributed by atoms with Gasteiger partial charge in [0.2, 0.25) is 0 Å². The van der Waals surface area contributed by atoms with Gasteiger partial charge in [-0.3, -0.25) is 9.59 Å². The Morgan fingerprint density at radius 2 is 2.04 bits per heavy atom. The average Bonchev–Trinajstić information content (AvgIpc) is 2.95. The molecule has 0 saturated heterocycles. The number of esters is 2. The van der Waals surface area contributed by atoms with Gasteiger partial charge in [-0.2, -0.15) is 0 Å². The molecule has 1 N–H and O–H groups in total. The van der Waals surface area contributed by atoms with Crippen molar-refractivity contribution in [3.8, 4) is 0 Å². The van der Waals surface area contributed by atoms with Crippen molar-refractivity contribution in [1.82, 2.24) is 0 Å². The Balaban J connectivity index is 1.91. The predicted molar refractivity (Wildman–Crippen MR) is 102 cm³/mol. The molecule has 1 aliphatic heterocycles. The van der Waals surface area contributed by atoms with E-state index in [1.54, 1.807) is 6.26 Å². The molecular formula is C22H34O5. The summed E-state index contributed by atoms with van der Waals surface area (Å²) in [5, 5.41) is 12.0. The standard InChI is InChI=1S/C22H34O5/c1-14-11-17(27-15(2)23)19-20(3,4)8-6-9-21(19,5)22(14,25)10-7-16-12-18(24)26-13-16/h13-14,17,19,25H,6-12H2,1-5H3/t14-,17-,19+,21+,22-/m1/s1. The number of fused-ring (bicyclic) bond motifs is 1. The third kappa shape index (κ3) is 3.43. The van der Waals surface area contributed by atoms with Crippen LogP contribution in [0.15, 0.2) is 11.8 Å². The molecule has 0 aromatic rings. The van der Waals surface area contributed by atoms with Gasteiger partial charge in [-0.25, -0.2) is 0 Å². The van der Waals surface area contributed by atoms with E-state index in [0.717, 1.165) is 24.8 Å². The molecule has 27 heavy (non-hydrogen) atoms. The number of carbonyl (C=O) groups is 2. The van der Waals surface area contributed by atoms with Crippen LogP contribution >= 0.6 is 0 Å². The van der Waals surface area contributed by atoms with Gasteiger partial charge >= 0.3 is 11.9 Å². The monoisotopic (exact) mass is 378 g/mol. The van der Waals surface area contributed by atoms with Crippen molar-refractivity contribution in [2.45, 2.75) is 91.3 Å². The fraction of sp³-hybridized carbons (Fsp3) is 0.818. The number of hydrogen-bond acceptors (Lipinski definition) is 5. The summed E-state index contributed by atoms with van der Waals surface area (Å²) >= 11 is 0. The summed E-state index contributed by atoms with van der Waals surface area (Å²) < 4.78 is 10.7. The van der Waals surface area contributed by atoms with Crippen molar-refractivity contribution in [1.29, 1.82) is 0 Å². The fourth-order valence-electron chi connectivity index (χ4n) is 6.50. The summed E-state index contributed by atoms with van der Waals surface area (Å²) in [6.07, 6.45) is 6.71. The number of ether oxygens (including phenoxy) is 2. The molecule has 5 atom stereocenters. The van der Waals surface area contributed by atoms with Crippen molar-refractivity contribution < 1.29 is 24.2 Å². The molecule has 152 valence electrons. The van der Waals surface area contributed by atoms with E-state index in [0.29, 0.717) is 25.7 Å². The Kier molecular flexibility index (Phi) is 5.21. The summed E-state index contributed by atoms with van der Waals surface area (Å²) in [7, 11) is 0. The number of aliphatic hydroxyl groups is 1. The first-order valence-electron chi connectivity index (χ1n) is 10.3. The predicted octanol–water partition coefficient (Wildman–Crippen LogP) is 4.13. The zero-order valence-corrected chi connectivity index (χ0v) is 17.3. The second-order valence-corrected chi connectivity index (χ2v) is 9.89. The maximum atomic E-state index is 12.0. The molecule has 2 fully saturated rings. The normalized spacial score (nSPS) is 40.7. The zero-order chi connectivity index (χ0) is 20.0. The molecule has 0 aromatic heterocycles. The number of hydrogen-bond donors (Lipinski definition) is 1. The van der Waals surface area contributed by atoms with Crippen molar-refractivity contribution in [3.05, 3.63) is 11.8 Å². The number of carbonyl (C=O) groups excluding carboxylic acids is 2. The van der Waals surface area contributed by atoms with Crippen LogP contribution in [0, 0.1) is 22.7 Å². The highest BCUT2D eigenvalue weighted by Gasteiger charge is 2.64. The molecule has 3 rings (SSSR count). The van der Waals surface area contributed by atoms with E-state index in [1.807, 2.05) is 0 Å². The second-order valence-electron chi connectivity index (χ2n) is 9.89. The second kappa shape index (κ2) is 6.91. The van der Waals surface area contributed by atoms with Crippen LogP contribution in [0.1, 0.15) is 79.6 Å². The topological polar surface area (TPSA) is 72.8 Å². The fourth-order valence-corrected chi connectivity index (χ4v) is 6.50. The third-order valence-corrected chi connectivity index (χ3v) is 7.68. The summed E-state index contributed by atoms with van der Waals surface area (Å²) in [5.74, 6) is -0.338. The van der Waals surface area contributed by atoms with Crippen LogP contribution in [0.5, 0.6) is 0 Å². The van der Waals surface area contributed by atoms with Crippen molar-refractivity contribution in [2.75, 3.05) is 0 Å². The van der Waals surface area contributed by atoms with E-state index >= 15 is 0 Å². The molecule has 0 aromatic carbocycles. The van der Waals surface area contributed by atoms with Gasteiger partial charge in [0.15, 0.2) is 0 Å². The van der Waals surface area contributed by atoms with Gasteiger partial charge < -0.3 is 14.6 Å². The lowest BCUT2D eigenvalue weighted by Gasteiger charge is -2.64. The van der Waals surface area contributed by atoms with Crippen LogP contribution in [0.4, 0.5) is 0 Å². The molecule has 0 spiro atoms. The van der Waals surface area contributed by atoms with Crippen LogP contribution in [-0.2, 0) is 19.1 Å². The Hall–Kier alpha value is -1.36. The molecule has 0 unspecified atom stereocenters. The lowest BCUT2D eigenvalue weighted by molar-refractivity contribution is -0.249. The first-order chi connectivity index (χ1) is 12.5. The maximum Gasteiger partial charge on any atom is 0.314 e.